The maximum Gasteiger partial charge on any atom is 0.348 e. The van der Waals surface area contributed by atoms with Crippen LogP contribution in [0, 0.1) is 6.92 Å². The number of carboxylic acids is 1. The van der Waals surface area contributed by atoms with Crippen LogP contribution < -0.4 is 11.2 Å². The number of hydrogen-bond donors (Lipinski definition) is 1. The Morgan fingerprint density at radius 1 is 1.08 bits per heavy atom. The van der Waals surface area contributed by atoms with Crippen molar-refractivity contribution in [2.45, 2.75) is 72.3 Å². The van der Waals surface area contributed by atoms with Crippen molar-refractivity contribution in [1.29, 1.82) is 0 Å². The van der Waals surface area contributed by atoms with Crippen LogP contribution in [-0.2, 0) is 26.4 Å². The average Bonchev–Trinajstić information content (AvgIpc) is 3.13. The van der Waals surface area contributed by atoms with Crippen LogP contribution in [0.25, 0.3) is 10.2 Å². The van der Waals surface area contributed by atoms with Crippen molar-refractivity contribution in [3.05, 3.63) is 67.2 Å². The number of carboxylic acid groups (broad SMARTS) is 1. The minimum Gasteiger partial charge on any atom is -0.480 e. The number of nitrogens with zero attached hydrogens (tertiary/aromatic N) is 2. The van der Waals surface area contributed by atoms with Crippen molar-refractivity contribution >= 4 is 33.5 Å². The van der Waals surface area contributed by atoms with Gasteiger partial charge < -0.3 is 14.6 Å². The van der Waals surface area contributed by atoms with Crippen molar-refractivity contribution in [3.8, 4) is 0 Å². The van der Waals surface area contributed by atoms with Gasteiger partial charge in [0.25, 0.3) is 5.56 Å². The molecule has 0 saturated carbocycles. The van der Waals surface area contributed by atoms with Gasteiger partial charge in [-0.25, -0.2) is 19.0 Å². The first kappa shape index (κ1) is 27.3. The van der Waals surface area contributed by atoms with Crippen LogP contribution in [0.4, 0.5) is 0 Å². The highest BCUT2D eigenvalue weighted by Crippen LogP contribution is 2.32. The molecule has 1 N–H and O–H groups in total. The summed E-state index contributed by atoms with van der Waals surface area (Å²) >= 11 is 0.982. The number of fused-ring (bicyclic) bond motifs is 1. The van der Waals surface area contributed by atoms with Crippen molar-refractivity contribution in [1.82, 2.24) is 9.13 Å². The Morgan fingerprint density at radius 2 is 1.69 bits per heavy atom. The molecule has 2 heterocycles. The van der Waals surface area contributed by atoms with Crippen molar-refractivity contribution < 1.29 is 24.2 Å². The number of aliphatic carboxylic acids is 1. The number of rotatable bonds is 8. The summed E-state index contributed by atoms with van der Waals surface area (Å²) < 4.78 is 13.5. The maximum absolute atomic E-state index is 13.8. The zero-order valence-corrected chi connectivity index (χ0v) is 22.4. The predicted octanol–water partition coefficient (Wildman–Crippen LogP) is 4.09. The molecule has 10 heteroatoms. The van der Waals surface area contributed by atoms with E-state index < -0.39 is 40.4 Å². The summed E-state index contributed by atoms with van der Waals surface area (Å²) in [4.78, 5) is 52.5. The van der Waals surface area contributed by atoms with Gasteiger partial charge in [-0.15, -0.1) is 11.3 Å². The molecular weight excluding hydrogens is 484 g/mol. The van der Waals surface area contributed by atoms with E-state index in [1.165, 1.54) is 18.4 Å². The summed E-state index contributed by atoms with van der Waals surface area (Å²) in [6, 6.07) is 9.33. The Balaban J connectivity index is 2.39. The van der Waals surface area contributed by atoms with E-state index in [-0.39, 0.29) is 28.2 Å². The molecular formula is C26H32N2O7S. The van der Waals surface area contributed by atoms with Crippen LogP contribution in [0.5, 0.6) is 0 Å². The quantitative estimate of drug-likeness (QED) is 0.448. The molecule has 36 heavy (non-hydrogen) atoms. The first-order valence-electron chi connectivity index (χ1n) is 11.6. The molecule has 0 aliphatic carbocycles. The monoisotopic (exact) mass is 516 g/mol. The van der Waals surface area contributed by atoms with E-state index in [0.29, 0.717) is 5.56 Å². The lowest BCUT2D eigenvalue weighted by Gasteiger charge is -2.29. The summed E-state index contributed by atoms with van der Waals surface area (Å²) in [6.07, 6.45) is -0.598. The molecule has 0 spiro atoms. The van der Waals surface area contributed by atoms with Crippen LogP contribution >= 0.6 is 11.3 Å². The first-order chi connectivity index (χ1) is 16.7. The standard InChI is InChI=1S/C26H32N2O7S/c1-8-34-22(30)19-15(2)18-20(29)28(26(6,7)23(31)32)24(33)27(21(18)36-19)14-17(35-25(3,4)5)16-12-10-9-11-13-16/h9-13,17H,8,14H2,1-7H3,(H,31,32)/t17-/m0/s1. The van der Waals surface area contributed by atoms with Crippen LogP contribution in [0.15, 0.2) is 39.9 Å². The number of carbonyl (C=O) groups is 2. The molecule has 9 nitrogen and oxygen atoms in total. The lowest BCUT2D eigenvalue weighted by atomic mass is 10.1. The second kappa shape index (κ2) is 10.0. The number of thiophene rings is 1. The molecule has 0 aliphatic heterocycles. The van der Waals surface area contributed by atoms with E-state index in [9.17, 15) is 24.3 Å². The molecule has 2 aromatic heterocycles. The lowest BCUT2D eigenvalue weighted by molar-refractivity contribution is -0.146. The van der Waals surface area contributed by atoms with Gasteiger partial charge in [-0.2, -0.15) is 0 Å². The van der Waals surface area contributed by atoms with Gasteiger partial charge in [0, 0.05) is 0 Å². The average molecular weight is 517 g/mol. The van der Waals surface area contributed by atoms with E-state index in [1.54, 1.807) is 13.8 Å². The van der Waals surface area contributed by atoms with Gasteiger partial charge in [-0.3, -0.25) is 9.36 Å². The van der Waals surface area contributed by atoms with Gasteiger partial charge in [-0.05, 0) is 59.6 Å². The SMILES string of the molecule is CCOC(=O)c1sc2c(c1C)c(=O)n(C(C)(C)C(=O)O)c(=O)n2C[C@H](OC(C)(C)C)c1ccccc1. The Labute approximate surface area is 212 Å². The van der Waals surface area contributed by atoms with Gasteiger partial charge in [0.05, 0.1) is 24.1 Å². The molecule has 0 fully saturated rings. The summed E-state index contributed by atoms with van der Waals surface area (Å²) in [5, 5.41) is 9.96. The normalized spacial score (nSPS) is 13.1. The number of aromatic nitrogens is 2. The van der Waals surface area contributed by atoms with E-state index in [0.717, 1.165) is 21.5 Å². The first-order valence-corrected chi connectivity index (χ1v) is 12.4. The molecule has 0 aliphatic rings. The smallest absolute Gasteiger partial charge is 0.348 e. The molecule has 3 aromatic rings. The molecule has 194 valence electrons. The number of benzene rings is 1. The number of hydrogen-bond acceptors (Lipinski definition) is 7. The molecule has 1 atom stereocenters. The molecule has 0 unspecified atom stereocenters. The predicted molar refractivity (Wildman–Crippen MR) is 138 cm³/mol. The largest absolute Gasteiger partial charge is 0.480 e. The maximum atomic E-state index is 13.8. The zero-order valence-electron chi connectivity index (χ0n) is 21.6. The van der Waals surface area contributed by atoms with E-state index in [2.05, 4.69) is 0 Å². The molecule has 0 radical (unpaired) electrons. The Hall–Kier alpha value is -3.24. The number of aryl methyl sites for hydroxylation is 1. The van der Waals surface area contributed by atoms with Gasteiger partial charge in [-0.1, -0.05) is 30.3 Å². The third-order valence-electron chi connectivity index (χ3n) is 5.77. The van der Waals surface area contributed by atoms with Crippen molar-refractivity contribution in [3.63, 3.8) is 0 Å². The van der Waals surface area contributed by atoms with Crippen LogP contribution in [0.2, 0.25) is 0 Å². The number of ether oxygens (including phenoxy) is 2. The second-order valence-corrected chi connectivity index (χ2v) is 11.0. The van der Waals surface area contributed by atoms with Gasteiger partial charge in [0.1, 0.15) is 21.4 Å². The minimum absolute atomic E-state index is 0.00514. The second-order valence-electron chi connectivity index (χ2n) is 9.98. The van der Waals surface area contributed by atoms with Gasteiger partial charge >= 0.3 is 17.6 Å². The molecule has 0 saturated heterocycles. The highest BCUT2D eigenvalue weighted by molar-refractivity contribution is 7.20. The Morgan fingerprint density at radius 3 is 2.22 bits per heavy atom. The van der Waals surface area contributed by atoms with Crippen molar-refractivity contribution in [2.75, 3.05) is 6.61 Å². The summed E-state index contributed by atoms with van der Waals surface area (Å²) in [5.74, 6) is -1.94. The molecule has 3 rings (SSSR count). The number of esters is 1. The fourth-order valence-electron chi connectivity index (χ4n) is 3.96. The fourth-order valence-corrected chi connectivity index (χ4v) is 5.15. The fraction of sp³-hybridized carbons (Fsp3) is 0.462. The van der Waals surface area contributed by atoms with E-state index in [4.69, 9.17) is 9.47 Å². The van der Waals surface area contributed by atoms with Crippen LogP contribution in [0.1, 0.15) is 68.4 Å². The molecule has 0 bridgehead atoms. The molecule has 0 amide bonds. The topological polar surface area (TPSA) is 117 Å². The van der Waals surface area contributed by atoms with Crippen molar-refractivity contribution in [2.24, 2.45) is 0 Å². The number of carbonyl (C=O) groups excluding carboxylic acids is 1. The Kier molecular flexibility index (Phi) is 7.61. The van der Waals surface area contributed by atoms with Crippen LogP contribution in [0.3, 0.4) is 0 Å². The summed E-state index contributed by atoms with van der Waals surface area (Å²) in [7, 11) is 0. The zero-order chi connectivity index (χ0) is 27.0. The molecule has 1 aromatic carbocycles. The third-order valence-corrected chi connectivity index (χ3v) is 7.07. The lowest BCUT2D eigenvalue weighted by Crippen LogP contribution is -2.52. The minimum atomic E-state index is -1.84. The third kappa shape index (κ3) is 5.15. The summed E-state index contributed by atoms with van der Waals surface area (Å²) in [5.41, 5.74) is -2.82. The van der Waals surface area contributed by atoms with Gasteiger partial charge in [0.15, 0.2) is 0 Å². The van der Waals surface area contributed by atoms with E-state index in [1.807, 2.05) is 51.1 Å². The van der Waals surface area contributed by atoms with E-state index >= 15 is 0 Å². The van der Waals surface area contributed by atoms with Crippen LogP contribution in [-0.4, -0.2) is 38.4 Å². The highest BCUT2D eigenvalue weighted by Gasteiger charge is 2.36. The summed E-state index contributed by atoms with van der Waals surface area (Å²) in [6.45, 7) is 11.7. The van der Waals surface area contributed by atoms with Gasteiger partial charge in [0.2, 0.25) is 0 Å². The Bertz CT molecular complexity index is 1410. The highest BCUT2D eigenvalue weighted by atomic mass is 32.1.